The summed E-state index contributed by atoms with van der Waals surface area (Å²) in [5.41, 5.74) is 7.96. The van der Waals surface area contributed by atoms with Crippen LogP contribution in [0.1, 0.15) is 17.5 Å². The molecule has 1 heterocycles. The minimum absolute atomic E-state index is 0.0310. The van der Waals surface area contributed by atoms with Crippen LogP contribution in [-0.4, -0.2) is 51.3 Å². The van der Waals surface area contributed by atoms with Crippen LogP contribution in [0.15, 0.2) is 54.7 Å². The molecule has 0 radical (unpaired) electrons. The Hall–Kier alpha value is -4.38. The highest BCUT2D eigenvalue weighted by atomic mass is 16.7. The zero-order chi connectivity index (χ0) is 24.7. The Morgan fingerprint density at radius 3 is 2.53 bits per heavy atom. The second kappa shape index (κ2) is 11.0. The molecule has 0 unspecified atom stereocenters. The Bertz CT molecular complexity index is 1190. The molecule has 0 saturated carbocycles. The fourth-order valence-electron chi connectivity index (χ4n) is 3.21. The van der Waals surface area contributed by atoms with Crippen LogP contribution in [0.4, 0.5) is 4.79 Å². The van der Waals surface area contributed by atoms with Crippen molar-refractivity contribution in [1.82, 2.24) is 10.3 Å². The van der Waals surface area contributed by atoms with E-state index in [9.17, 15) is 24.3 Å². The van der Waals surface area contributed by atoms with Gasteiger partial charge in [-0.15, -0.1) is 0 Å². The largest absolute Gasteiger partial charge is 0.516 e. The van der Waals surface area contributed by atoms with E-state index >= 15 is 0 Å². The van der Waals surface area contributed by atoms with Gasteiger partial charge in [0.15, 0.2) is 0 Å². The van der Waals surface area contributed by atoms with Crippen LogP contribution in [-0.2, 0) is 36.9 Å². The summed E-state index contributed by atoms with van der Waals surface area (Å²) in [4.78, 5) is 50.8. The molecule has 11 heteroatoms. The first-order chi connectivity index (χ1) is 16.2. The molecule has 3 aromatic rings. The molecule has 0 spiro atoms. The quantitative estimate of drug-likeness (QED) is 0.229. The number of nitrogens with one attached hydrogen (secondary N) is 2. The van der Waals surface area contributed by atoms with Gasteiger partial charge in [0.05, 0.1) is 12.5 Å². The lowest BCUT2D eigenvalue weighted by Gasteiger charge is -2.18. The molecule has 1 aromatic heterocycles. The second-order valence-electron chi connectivity index (χ2n) is 7.46. The number of aromatic amines is 1. The Balaban J connectivity index is 1.59. The van der Waals surface area contributed by atoms with Crippen molar-refractivity contribution in [3.8, 4) is 5.75 Å². The third-order valence-corrected chi connectivity index (χ3v) is 4.89. The Kier molecular flexibility index (Phi) is 7.83. The van der Waals surface area contributed by atoms with Gasteiger partial charge in [-0.3, -0.25) is 9.59 Å². The molecule has 3 rings (SSSR count). The fraction of sp³-hybridized carbons (Fsp3) is 0.217. The monoisotopic (exact) mass is 469 g/mol. The van der Waals surface area contributed by atoms with E-state index in [2.05, 4.69) is 15.0 Å². The van der Waals surface area contributed by atoms with Crippen LogP contribution in [0.25, 0.3) is 10.9 Å². The minimum Gasteiger partial charge on any atom is -0.508 e. The van der Waals surface area contributed by atoms with Crippen molar-refractivity contribution < 1.29 is 38.9 Å². The number of carbonyl (C=O) groups excluding carboxylic acids is 3. The summed E-state index contributed by atoms with van der Waals surface area (Å²) in [6.45, 7) is -0.159. The number of rotatable bonds is 9. The lowest BCUT2D eigenvalue weighted by molar-refractivity contribution is -0.149. The number of fused-ring (bicyclic) bond motifs is 1. The molecule has 0 aliphatic rings. The van der Waals surface area contributed by atoms with Crippen molar-refractivity contribution in [3.63, 3.8) is 0 Å². The van der Waals surface area contributed by atoms with Gasteiger partial charge in [-0.25, -0.2) is 9.59 Å². The number of amides is 1. The summed E-state index contributed by atoms with van der Waals surface area (Å²) in [6, 6.07) is 10.5. The molecular formula is C23H23N3O8. The average molecular weight is 469 g/mol. The number of nitrogens with two attached hydrogens (primary N) is 1. The number of aliphatic carboxylic acids is 1. The van der Waals surface area contributed by atoms with Gasteiger partial charge in [-0.2, -0.15) is 0 Å². The first-order valence-corrected chi connectivity index (χ1v) is 10.2. The normalized spacial score (nSPS) is 12.5. The maximum atomic E-state index is 12.6. The highest BCUT2D eigenvalue weighted by Gasteiger charge is 2.30. The van der Waals surface area contributed by atoms with Gasteiger partial charge in [0.25, 0.3) is 0 Å². The highest BCUT2D eigenvalue weighted by Crippen LogP contribution is 2.23. The van der Waals surface area contributed by atoms with Crippen LogP contribution in [0, 0.1) is 0 Å². The molecule has 6 N–H and O–H groups in total. The number of carboxylic acid groups (broad SMARTS) is 1. The summed E-state index contributed by atoms with van der Waals surface area (Å²) >= 11 is 0. The fourth-order valence-corrected chi connectivity index (χ4v) is 3.21. The first kappa shape index (κ1) is 24.3. The predicted molar refractivity (Wildman–Crippen MR) is 119 cm³/mol. The van der Waals surface area contributed by atoms with E-state index < -0.39 is 42.5 Å². The molecular weight excluding hydrogens is 446 g/mol. The van der Waals surface area contributed by atoms with E-state index in [1.165, 1.54) is 12.1 Å². The summed E-state index contributed by atoms with van der Waals surface area (Å²) in [7, 11) is 0. The van der Waals surface area contributed by atoms with Gasteiger partial charge in [-0.05, 0) is 35.7 Å². The van der Waals surface area contributed by atoms with E-state index in [4.69, 9.17) is 15.6 Å². The number of ether oxygens (including phenoxy) is 2. The van der Waals surface area contributed by atoms with E-state index in [0.717, 1.165) is 5.52 Å². The number of phenolic OH excluding ortho intramolecular Hbond substituents is 1. The molecule has 0 aliphatic heterocycles. The van der Waals surface area contributed by atoms with Gasteiger partial charge in [0.2, 0.25) is 5.91 Å². The number of hydrogen-bond donors (Lipinski definition) is 5. The molecule has 2 atom stereocenters. The van der Waals surface area contributed by atoms with Crippen molar-refractivity contribution in [3.05, 3.63) is 65.9 Å². The lowest BCUT2D eigenvalue weighted by Crippen LogP contribution is -2.50. The molecule has 34 heavy (non-hydrogen) atoms. The smallest absolute Gasteiger partial charge is 0.508 e. The van der Waals surface area contributed by atoms with E-state index in [-0.39, 0.29) is 18.8 Å². The third-order valence-electron chi connectivity index (χ3n) is 4.89. The van der Waals surface area contributed by atoms with Crippen molar-refractivity contribution in [2.75, 3.05) is 0 Å². The predicted octanol–water partition coefficient (Wildman–Crippen LogP) is 1.58. The van der Waals surface area contributed by atoms with Crippen molar-refractivity contribution in [2.45, 2.75) is 31.5 Å². The molecule has 0 saturated heterocycles. The van der Waals surface area contributed by atoms with Crippen LogP contribution >= 0.6 is 0 Å². The Morgan fingerprint density at radius 2 is 1.82 bits per heavy atom. The maximum Gasteiger partial charge on any atom is 0.516 e. The number of carbonyl (C=O) groups is 4. The molecule has 0 fully saturated rings. The van der Waals surface area contributed by atoms with E-state index in [1.807, 2.05) is 0 Å². The first-order valence-electron chi connectivity index (χ1n) is 10.2. The van der Waals surface area contributed by atoms with Gasteiger partial charge < -0.3 is 35.7 Å². The number of aromatic hydroxyl groups is 1. The van der Waals surface area contributed by atoms with Crippen molar-refractivity contribution >= 4 is 34.9 Å². The van der Waals surface area contributed by atoms with Gasteiger partial charge in [0.1, 0.15) is 18.4 Å². The number of esters is 1. The second-order valence-corrected chi connectivity index (χ2v) is 7.46. The van der Waals surface area contributed by atoms with Gasteiger partial charge >= 0.3 is 18.1 Å². The molecule has 11 nitrogen and oxygen atoms in total. The molecule has 0 bridgehead atoms. The van der Waals surface area contributed by atoms with Gasteiger partial charge in [0, 0.05) is 17.1 Å². The number of hydrogen-bond acceptors (Lipinski definition) is 8. The third kappa shape index (κ3) is 6.56. The summed E-state index contributed by atoms with van der Waals surface area (Å²) in [5.74, 6) is -3.48. The molecule has 178 valence electrons. The van der Waals surface area contributed by atoms with Crippen molar-refractivity contribution in [2.24, 2.45) is 5.73 Å². The number of H-pyrrole nitrogens is 1. The number of benzene rings is 2. The maximum absolute atomic E-state index is 12.6. The van der Waals surface area contributed by atoms with Crippen LogP contribution < -0.4 is 11.1 Å². The summed E-state index contributed by atoms with van der Waals surface area (Å²) < 4.78 is 9.38. The Morgan fingerprint density at radius 1 is 1.09 bits per heavy atom. The summed E-state index contributed by atoms with van der Waals surface area (Å²) in [6.07, 6.45) is -0.502. The molecule has 1 amide bonds. The topological polar surface area (TPSA) is 181 Å². The van der Waals surface area contributed by atoms with Crippen LogP contribution in [0.5, 0.6) is 5.75 Å². The molecule has 2 aromatic carbocycles. The SMILES string of the molecule is N[C@@H](Cc1c[nH]c2ccc(O)cc12)C(=O)N[C@@H](CC(=O)O)C(=O)OC(=O)OCc1ccccc1. The zero-order valence-electron chi connectivity index (χ0n) is 17.9. The lowest BCUT2D eigenvalue weighted by atomic mass is 10.0. The number of aromatic nitrogens is 1. The average Bonchev–Trinajstić information content (AvgIpc) is 3.19. The molecule has 0 aliphatic carbocycles. The zero-order valence-corrected chi connectivity index (χ0v) is 17.9. The standard InChI is InChI=1S/C23H23N3O8/c24-17(8-14-11-25-18-7-6-15(27)9-16(14)18)21(30)26-19(10-20(28)29)22(31)34-23(32)33-12-13-4-2-1-3-5-13/h1-7,9,11,17,19,25,27H,8,10,12,24H2,(H,26,30)(H,28,29)/t17-,19-/m0/s1. The van der Waals surface area contributed by atoms with E-state index in [0.29, 0.717) is 16.5 Å². The van der Waals surface area contributed by atoms with Crippen LogP contribution in [0.2, 0.25) is 0 Å². The minimum atomic E-state index is -1.66. The summed E-state index contributed by atoms with van der Waals surface area (Å²) in [5, 5.41) is 21.6. The van der Waals surface area contributed by atoms with E-state index in [1.54, 1.807) is 42.6 Å². The number of carboxylic acids is 1. The highest BCUT2D eigenvalue weighted by molar-refractivity contribution is 5.93. The number of phenols is 1. The van der Waals surface area contributed by atoms with Crippen molar-refractivity contribution in [1.29, 1.82) is 0 Å². The van der Waals surface area contributed by atoms with Gasteiger partial charge in [-0.1, -0.05) is 30.3 Å². The van der Waals surface area contributed by atoms with Crippen LogP contribution in [0.3, 0.4) is 0 Å². The Labute approximate surface area is 193 Å².